The van der Waals surface area contributed by atoms with Crippen LogP contribution >= 0.6 is 0 Å². The van der Waals surface area contributed by atoms with Gasteiger partial charge in [-0.15, -0.1) is 0 Å². The van der Waals surface area contributed by atoms with Gasteiger partial charge in [0.05, 0.1) is 22.8 Å². The second-order valence-electron chi connectivity index (χ2n) is 14.5. The first-order valence-corrected chi connectivity index (χ1v) is 19.1. The quantitative estimate of drug-likeness (QED) is 0.116. The fraction of sp³-hybridized carbons (Fsp3) is 0.130. The lowest BCUT2D eigenvalue weighted by molar-refractivity contribution is -0.707. The Balaban J connectivity index is 1.24. The molecule has 7 aromatic heterocycles. The molecule has 13 heteroatoms. The number of aliphatic hydroxyl groups is 4. The molecule has 10 heterocycles. The molecule has 10 rings (SSSR count). The highest BCUT2D eigenvalue weighted by molar-refractivity contribution is 6.00. The number of rotatable bonds is 6. The Bertz CT molecular complexity index is 2780. The first-order chi connectivity index (χ1) is 28.9. The SMILES string of the molecule is OC1O[C@H](C[n+]2ccc(-c3c4ccc([nH]4)c(-c4ccncc4)c4nc(c(-c5ccncc5)c5nc(c(-c6ccncc6)c6ccc3[nH]6)C=C5)C=C4)cc2)[C@H](O)[C@H](O)[C@H]1O. The molecule has 3 aliphatic rings. The van der Waals surface area contributed by atoms with Gasteiger partial charge in [-0.1, -0.05) is 0 Å². The maximum absolute atomic E-state index is 10.6. The van der Waals surface area contributed by atoms with Crippen molar-refractivity contribution in [3.05, 3.63) is 145 Å². The molecule has 0 radical (unpaired) electrons. The van der Waals surface area contributed by atoms with Crippen molar-refractivity contribution in [2.75, 3.05) is 0 Å². The molecule has 3 aliphatic heterocycles. The predicted molar refractivity (Wildman–Crippen MR) is 223 cm³/mol. The minimum Gasteiger partial charge on any atom is -0.387 e. The third-order valence-corrected chi connectivity index (χ3v) is 10.9. The summed E-state index contributed by atoms with van der Waals surface area (Å²) in [5, 5.41) is 41.0. The number of H-pyrrole nitrogens is 2. The molecule has 0 amide bonds. The number of fused-ring (bicyclic) bond motifs is 8. The van der Waals surface area contributed by atoms with E-state index in [0.29, 0.717) is 0 Å². The van der Waals surface area contributed by atoms with Gasteiger partial charge in [-0.05, 0) is 107 Å². The van der Waals surface area contributed by atoms with Crippen LogP contribution in [-0.2, 0) is 11.3 Å². The smallest absolute Gasteiger partial charge is 0.184 e. The summed E-state index contributed by atoms with van der Waals surface area (Å²) in [4.78, 5) is 30.9. The molecule has 13 nitrogen and oxygen atoms in total. The van der Waals surface area contributed by atoms with Gasteiger partial charge in [0.1, 0.15) is 24.4 Å². The molecule has 5 atom stereocenters. The highest BCUT2D eigenvalue weighted by Gasteiger charge is 2.44. The van der Waals surface area contributed by atoms with Crippen molar-refractivity contribution in [2.24, 2.45) is 0 Å². The van der Waals surface area contributed by atoms with E-state index >= 15 is 0 Å². The van der Waals surface area contributed by atoms with Gasteiger partial charge in [0.15, 0.2) is 25.2 Å². The van der Waals surface area contributed by atoms with E-state index in [0.717, 1.165) is 89.4 Å². The Kier molecular flexibility index (Phi) is 9.28. The second-order valence-corrected chi connectivity index (χ2v) is 14.5. The lowest BCUT2D eigenvalue weighted by Gasteiger charge is -2.36. The van der Waals surface area contributed by atoms with E-state index in [1.807, 2.05) is 85.2 Å². The molecule has 1 fully saturated rings. The first kappa shape index (κ1) is 36.3. The lowest BCUT2D eigenvalue weighted by atomic mass is 9.99. The number of aromatic nitrogens is 8. The summed E-state index contributed by atoms with van der Waals surface area (Å²) < 4.78 is 7.25. The zero-order valence-electron chi connectivity index (χ0n) is 31.3. The van der Waals surface area contributed by atoms with Crippen LogP contribution in [0.5, 0.6) is 0 Å². The van der Waals surface area contributed by atoms with Gasteiger partial charge in [0.25, 0.3) is 0 Å². The first-order valence-electron chi connectivity index (χ1n) is 19.1. The van der Waals surface area contributed by atoms with Crippen molar-refractivity contribution >= 4 is 46.4 Å². The van der Waals surface area contributed by atoms with E-state index in [4.69, 9.17) is 14.7 Å². The lowest BCUT2D eigenvalue weighted by Crippen LogP contribution is -2.60. The van der Waals surface area contributed by atoms with E-state index in [9.17, 15) is 20.4 Å². The molecule has 0 aliphatic carbocycles. The Morgan fingerprint density at radius 1 is 0.458 bits per heavy atom. The maximum atomic E-state index is 10.6. The van der Waals surface area contributed by atoms with E-state index < -0.39 is 30.7 Å². The molecule has 0 spiro atoms. The van der Waals surface area contributed by atoms with E-state index in [-0.39, 0.29) is 6.54 Å². The summed E-state index contributed by atoms with van der Waals surface area (Å²) in [5.41, 5.74) is 13.7. The number of nitrogens with zero attached hydrogens (tertiary/aromatic N) is 6. The largest absolute Gasteiger partial charge is 0.387 e. The number of hydrogen-bond donors (Lipinski definition) is 6. The van der Waals surface area contributed by atoms with E-state index in [1.165, 1.54) is 0 Å². The number of nitrogens with one attached hydrogen (secondary N) is 2. The van der Waals surface area contributed by atoms with Crippen molar-refractivity contribution < 1.29 is 29.7 Å². The average Bonchev–Trinajstić information content (AvgIpc) is 4.12. The van der Waals surface area contributed by atoms with Gasteiger partial charge < -0.3 is 35.1 Å². The number of hydrogen-bond acceptors (Lipinski definition) is 10. The summed E-state index contributed by atoms with van der Waals surface area (Å²) in [6.45, 7) is 0.120. The minimum absolute atomic E-state index is 0.120. The van der Waals surface area contributed by atoms with Crippen LogP contribution in [0.15, 0.2) is 122 Å². The zero-order valence-corrected chi connectivity index (χ0v) is 31.3. The normalized spacial score (nSPS) is 19.9. The topological polar surface area (TPSA) is 190 Å². The van der Waals surface area contributed by atoms with Crippen LogP contribution in [0.2, 0.25) is 0 Å². The fourth-order valence-electron chi connectivity index (χ4n) is 8.01. The number of aliphatic hydroxyl groups excluding tert-OH is 4. The van der Waals surface area contributed by atoms with Gasteiger partial charge in [-0.2, -0.15) is 0 Å². The van der Waals surface area contributed by atoms with Crippen molar-refractivity contribution in [3.63, 3.8) is 0 Å². The summed E-state index contributed by atoms with van der Waals surface area (Å²) in [6, 6.07) is 24.0. The van der Waals surface area contributed by atoms with Crippen molar-refractivity contribution in [1.29, 1.82) is 0 Å². The molecular formula is C46H37N8O5+. The molecule has 1 saturated heterocycles. The minimum atomic E-state index is -1.62. The van der Waals surface area contributed by atoms with Crippen molar-refractivity contribution in [1.82, 2.24) is 34.9 Å². The molecule has 0 aromatic carbocycles. The van der Waals surface area contributed by atoms with Crippen LogP contribution in [-0.4, -0.2) is 86.0 Å². The number of ether oxygens (including phenoxy) is 1. The Morgan fingerprint density at radius 2 is 0.847 bits per heavy atom. The van der Waals surface area contributed by atoms with Gasteiger partial charge in [0, 0.05) is 93.6 Å². The maximum Gasteiger partial charge on any atom is 0.184 e. The number of aromatic amines is 2. The molecule has 0 saturated carbocycles. The Labute approximate surface area is 337 Å². The van der Waals surface area contributed by atoms with Gasteiger partial charge in [-0.25, -0.2) is 14.5 Å². The van der Waals surface area contributed by atoms with Crippen LogP contribution in [0.1, 0.15) is 22.8 Å². The van der Waals surface area contributed by atoms with E-state index in [2.05, 4.69) is 49.2 Å². The molecule has 6 N–H and O–H groups in total. The number of pyridine rings is 4. The van der Waals surface area contributed by atoms with E-state index in [1.54, 1.807) is 41.7 Å². The molecular weight excluding hydrogens is 745 g/mol. The molecule has 59 heavy (non-hydrogen) atoms. The monoisotopic (exact) mass is 781 g/mol. The second kappa shape index (κ2) is 15.1. The summed E-state index contributed by atoms with van der Waals surface area (Å²) >= 11 is 0. The highest BCUT2D eigenvalue weighted by atomic mass is 16.6. The third kappa shape index (κ3) is 6.72. The van der Waals surface area contributed by atoms with Crippen molar-refractivity contribution in [3.8, 4) is 44.5 Å². The van der Waals surface area contributed by atoms with Crippen LogP contribution in [0, 0.1) is 0 Å². The summed E-state index contributed by atoms with van der Waals surface area (Å²) in [6.07, 6.45) is 15.4. The molecule has 1 unspecified atom stereocenters. The van der Waals surface area contributed by atoms with Gasteiger partial charge in [0.2, 0.25) is 0 Å². The molecule has 7 aromatic rings. The van der Waals surface area contributed by atoms with Crippen LogP contribution < -0.4 is 4.57 Å². The Morgan fingerprint density at radius 3 is 1.31 bits per heavy atom. The summed E-state index contributed by atoms with van der Waals surface area (Å²) in [5.74, 6) is 0. The summed E-state index contributed by atoms with van der Waals surface area (Å²) in [7, 11) is 0. The van der Waals surface area contributed by atoms with Crippen LogP contribution in [0.3, 0.4) is 0 Å². The third-order valence-electron chi connectivity index (χ3n) is 10.9. The average molecular weight is 782 g/mol. The highest BCUT2D eigenvalue weighted by Crippen LogP contribution is 2.38. The van der Waals surface area contributed by atoms with Gasteiger partial charge >= 0.3 is 0 Å². The fourth-order valence-corrected chi connectivity index (χ4v) is 8.01. The Hall–Kier alpha value is -7.00. The predicted octanol–water partition coefficient (Wildman–Crippen LogP) is 5.60. The standard InChI is InChI=1S/C46H36N8O5/c55-43-38(59-46(58)45(57)44(43)56)25-54-23-15-29(16-24-54)42-36-7-5-34(52-36)40(27-11-19-48-20-12-27)32-3-1-30(50-32)39(26-9-17-47-18-10-26)31-2-4-33(51-31)41(28-13-21-49-22-14-28)35-6-8-37(42)53-35/h1-24,38,43-46,55-58H,25H2,(H,50,51,52,53)/p+1/t38-,43+,44+,45-,46?/m1/s1. The van der Waals surface area contributed by atoms with Crippen LogP contribution in [0.25, 0.3) is 90.9 Å². The molecule has 8 bridgehead atoms. The molecule has 290 valence electrons. The van der Waals surface area contributed by atoms with Crippen LogP contribution in [0.4, 0.5) is 0 Å². The zero-order chi connectivity index (χ0) is 40.0. The van der Waals surface area contributed by atoms with Crippen molar-refractivity contribution in [2.45, 2.75) is 37.3 Å². The van der Waals surface area contributed by atoms with Gasteiger partial charge in [-0.3, -0.25) is 15.0 Å².